The van der Waals surface area contributed by atoms with Crippen LogP contribution in [0.4, 0.5) is 0 Å². The number of hydrogen-bond donors (Lipinski definition) is 1. The van der Waals surface area contributed by atoms with Crippen LogP contribution < -0.4 is 0 Å². The molecule has 0 radical (unpaired) electrons. The zero-order valence-corrected chi connectivity index (χ0v) is 17.8. The lowest BCUT2D eigenvalue weighted by atomic mass is 10.1. The molecule has 0 rings (SSSR count). The summed E-state index contributed by atoms with van der Waals surface area (Å²) >= 11 is 0. The quantitative estimate of drug-likeness (QED) is 0.301. The molecule has 146 valence electrons. The van der Waals surface area contributed by atoms with Gasteiger partial charge in [0.25, 0.3) is 0 Å². The van der Waals surface area contributed by atoms with Crippen molar-refractivity contribution in [2.24, 2.45) is 0 Å². The summed E-state index contributed by atoms with van der Waals surface area (Å²) in [5, 5.41) is 10.2. The first kappa shape index (κ1) is 24.3. The first-order valence-corrected chi connectivity index (χ1v) is 10.9. The van der Waals surface area contributed by atoms with Gasteiger partial charge >= 0.3 is 7.60 Å². The van der Waals surface area contributed by atoms with Gasteiger partial charge in [0, 0.05) is 6.42 Å². The zero-order valence-electron chi connectivity index (χ0n) is 16.9. The molecule has 0 amide bonds. The van der Waals surface area contributed by atoms with E-state index in [0.29, 0.717) is 0 Å². The Bertz CT molecular complexity index is 492. The second kappa shape index (κ2) is 13.5. The van der Waals surface area contributed by atoms with Crippen LogP contribution in [-0.4, -0.2) is 24.2 Å². The Labute approximate surface area is 154 Å². The number of aliphatic hydroxyl groups excluding tert-OH is 1. The van der Waals surface area contributed by atoms with Gasteiger partial charge in [0.1, 0.15) is 0 Å². The van der Waals surface area contributed by atoms with E-state index in [0.717, 1.165) is 25.7 Å². The number of allylic oxidation sites excluding steroid dienone is 5. The molecule has 1 atom stereocenters. The molecule has 0 fully saturated rings. The third-order valence-electron chi connectivity index (χ3n) is 3.78. The highest BCUT2D eigenvalue weighted by molar-refractivity contribution is 7.54. The van der Waals surface area contributed by atoms with Crippen LogP contribution in [-0.2, 0) is 13.6 Å². The van der Waals surface area contributed by atoms with Gasteiger partial charge in [0.05, 0.1) is 13.2 Å². The summed E-state index contributed by atoms with van der Waals surface area (Å²) in [7, 11) is -3.44. The van der Waals surface area contributed by atoms with E-state index in [2.05, 4.69) is 32.9 Å². The molecule has 5 heteroatoms. The van der Waals surface area contributed by atoms with Gasteiger partial charge in [-0.1, -0.05) is 34.9 Å². The molecule has 1 N–H and O–H groups in total. The maximum absolute atomic E-state index is 12.4. The molecule has 0 aromatic heterocycles. The standard InChI is InChI=1S/C20H37O4P/c1-7-23-25(22,24-8-2)20(21)16-15-19(6)14-10-13-18(5)12-9-11-17(3)4/h11,13,15,20-21H,7-10,12,14,16H2,1-6H3. The van der Waals surface area contributed by atoms with Gasteiger partial charge in [-0.2, -0.15) is 0 Å². The van der Waals surface area contributed by atoms with Crippen molar-refractivity contribution < 1.29 is 18.7 Å². The highest BCUT2D eigenvalue weighted by Gasteiger charge is 2.32. The van der Waals surface area contributed by atoms with E-state index in [1.165, 1.54) is 16.7 Å². The van der Waals surface area contributed by atoms with Crippen LogP contribution in [0.5, 0.6) is 0 Å². The molecule has 25 heavy (non-hydrogen) atoms. The number of aliphatic hydroxyl groups is 1. The third-order valence-corrected chi connectivity index (χ3v) is 5.96. The Hall–Kier alpha value is -0.670. The predicted molar refractivity (Wildman–Crippen MR) is 107 cm³/mol. The fraction of sp³-hybridized carbons (Fsp3) is 0.700. The molecule has 0 heterocycles. The summed E-state index contributed by atoms with van der Waals surface area (Å²) in [6, 6.07) is 0. The Balaban J connectivity index is 4.40. The lowest BCUT2D eigenvalue weighted by Gasteiger charge is -2.21. The van der Waals surface area contributed by atoms with Gasteiger partial charge in [-0.05, 0) is 67.2 Å². The summed E-state index contributed by atoms with van der Waals surface area (Å²) in [6.45, 7) is 12.4. The van der Waals surface area contributed by atoms with Crippen LogP contribution in [0.2, 0.25) is 0 Å². The molecule has 0 aliphatic rings. The minimum atomic E-state index is -3.44. The van der Waals surface area contributed by atoms with E-state index < -0.39 is 13.4 Å². The van der Waals surface area contributed by atoms with Gasteiger partial charge in [-0.3, -0.25) is 4.57 Å². The van der Waals surface area contributed by atoms with E-state index in [-0.39, 0.29) is 19.6 Å². The van der Waals surface area contributed by atoms with Crippen molar-refractivity contribution in [3.05, 3.63) is 34.9 Å². The lowest BCUT2D eigenvalue weighted by molar-refractivity contribution is 0.150. The van der Waals surface area contributed by atoms with Crippen LogP contribution in [0.25, 0.3) is 0 Å². The number of rotatable bonds is 13. The molecule has 0 aliphatic heterocycles. The molecule has 0 saturated heterocycles. The van der Waals surface area contributed by atoms with Crippen molar-refractivity contribution in [2.45, 2.75) is 79.5 Å². The Morgan fingerprint density at radius 1 is 0.920 bits per heavy atom. The van der Waals surface area contributed by atoms with Gasteiger partial charge in [-0.15, -0.1) is 0 Å². The molecular formula is C20H37O4P. The summed E-state index contributed by atoms with van der Waals surface area (Å²) in [4.78, 5) is 0. The summed E-state index contributed by atoms with van der Waals surface area (Å²) < 4.78 is 22.8. The molecule has 0 saturated carbocycles. The minimum absolute atomic E-state index is 0.258. The highest BCUT2D eigenvalue weighted by atomic mass is 31.2. The number of hydrogen-bond acceptors (Lipinski definition) is 4. The second-order valence-electron chi connectivity index (χ2n) is 6.55. The first-order chi connectivity index (χ1) is 11.7. The van der Waals surface area contributed by atoms with Gasteiger partial charge in [0.2, 0.25) is 0 Å². The fourth-order valence-corrected chi connectivity index (χ4v) is 3.85. The normalized spacial score (nSPS) is 14.5. The van der Waals surface area contributed by atoms with Crippen molar-refractivity contribution in [2.75, 3.05) is 13.2 Å². The molecule has 0 aromatic carbocycles. The van der Waals surface area contributed by atoms with E-state index in [9.17, 15) is 9.67 Å². The molecule has 0 spiro atoms. The molecular weight excluding hydrogens is 335 g/mol. The van der Waals surface area contributed by atoms with Crippen molar-refractivity contribution in [1.82, 2.24) is 0 Å². The van der Waals surface area contributed by atoms with Crippen LogP contribution in [0, 0.1) is 0 Å². The molecule has 0 bridgehead atoms. The van der Waals surface area contributed by atoms with Crippen LogP contribution in [0.15, 0.2) is 34.9 Å². The largest absolute Gasteiger partial charge is 0.380 e. The summed E-state index contributed by atoms with van der Waals surface area (Å²) in [5.41, 5.74) is 3.94. The summed E-state index contributed by atoms with van der Waals surface area (Å²) in [5.74, 6) is -1.11. The Kier molecular flexibility index (Phi) is 13.2. The lowest BCUT2D eigenvalue weighted by Crippen LogP contribution is -2.12. The Morgan fingerprint density at radius 2 is 1.40 bits per heavy atom. The van der Waals surface area contributed by atoms with Crippen molar-refractivity contribution in [3.8, 4) is 0 Å². The SMILES string of the molecule is CCOP(=O)(OCC)C(O)CC=C(C)CCC=C(C)CCC=C(C)C. The topological polar surface area (TPSA) is 55.8 Å². The van der Waals surface area contributed by atoms with Gasteiger partial charge in [-0.25, -0.2) is 0 Å². The van der Waals surface area contributed by atoms with Crippen LogP contribution >= 0.6 is 7.60 Å². The third kappa shape index (κ3) is 11.5. The van der Waals surface area contributed by atoms with Crippen molar-refractivity contribution >= 4 is 7.60 Å². The van der Waals surface area contributed by atoms with E-state index >= 15 is 0 Å². The zero-order chi connectivity index (χ0) is 19.3. The minimum Gasteiger partial charge on any atom is -0.380 e. The van der Waals surface area contributed by atoms with Crippen molar-refractivity contribution in [1.29, 1.82) is 0 Å². The first-order valence-electron chi connectivity index (χ1n) is 9.26. The van der Waals surface area contributed by atoms with Gasteiger partial charge in [0.15, 0.2) is 5.85 Å². The Morgan fingerprint density at radius 3 is 1.88 bits per heavy atom. The summed E-state index contributed by atoms with van der Waals surface area (Å²) in [6.07, 6.45) is 10.9. The van der Waals surface area contributed by atoms with E-state index in [4.69, 9.17) is 9.05 Å². The molecule has 1 unspecified atom stereocenters. The van der Waals surface area contributed by atoms with Gasteiger partial charge < -0.3 is 14.2 Å². The molecule has 0 aromatic rings. The maximum Gasteiger partial charge on any atom is 0.359 e. The van der Waals surface area contributed by atoms with Crippen LogP contribution in [0.3, 0.4) is 0 Å². The predicted octanol–water partition coefficient (Wildman–Crippen LogP) is 6.38. The van der Waals surface area contributed by atoms with Crippen molar-refractivity contribution in [3.63, 3.8) is 0 Å². The average Bonchev–Trinajstić information content (AvgIpc) is 2.52. The second-order valence-corrected chi connectivity index (χ2v) is 8.74. The van der Waals surface area contributed by atoms with E-state index in [1.54, 1.807) is 13.8 Å². The van der Waals surface area contributed by atoms with Crippen LogP contribution in [0.1, 0.15) is 73.6 Å². The smallest absolute Gasteiger partial charge is 0.359 e. The maximum atomic E-state index is 12.4. The molecule has 0 aliphatic carbocycles. The fourth-order valence-electron chi connectivity index (χ4n) is 2.34. The monoisotopic (exact) mass is 372 g/mol. The average molecular weight is 372 g/mol. The van der Waals surface area contributed by atoms with E-state index in [1.807, 2.05) is 13.0 Å². The molecule has 4 nitrogen and oxygen atoms in total. The highest BCUT2D eigenvalue weighted by Crippen LogP contribution is 2.53.